The predicted octanol–water partition coefficient (Wildman–Crippen LogP) is 3.27. The Hall–Kier alpha value is -0.380. The van der Waals surface area contributed by atoms with Gasteiger partial charge in [0.05, 0.1) is 0 Å². The molecule has 0 saturated carbocycles. The zero-order chi connectivity index (χ0) is 12.8. The maximum atomic E-state index is 3.48. The summed E-state index contributed by atoms with van der Waals surface area (Å²) < 4.78 is 1.16. The van der Waals surface area contributed by atoms with Crippen molar-refractivity contribution >= 4 is 15.9 Å². The maximum absolute atomic E-state index is 3.48. The van der Waals surface area contributed by atoms with Crippen LogP contribution in [0, 0.1) is 5.92 Å². The topological polar surface area (TPSA) is 15.3 Å². The molecule has 1 aromatic rings. The van der Waals surface area contributed by atoms with E-state index < -0.39 is 0 Å². The average Bonchev–Trinajstić information content (AvgIpc) is 2.41. The Balaban J connectivity index is 1.74. The van der Waals surface area contributed by atoms with Crippen LogP contribution in [0.15, 0.2) is 28.7 Å². The first-order valence-electron chi connectivity index (χ1n) is 6.89. The van der Waals surface area contributed by atoms with Crippen LogP contribution in [0.4, 0.5) is 0 Å². The second kappa shape index (κ2) is 7.27. The first kappa shape index (κ1) is 14.0. The van der Waals surface area contributed by atoms with Gasteiger partial charge in [-0.3, -0.25) is 4.90 Å². The predicted molar refractivity (Wildman–Crippen MR) is 80.7 cm³/mol. The van der Waals surface area contributed by atoms with Crippen LogP contribution in [-0.4, -0.2) is 31.6 Å². The third kappa shape index (κ3) is 4.38. The van der Waals surface area contributed by atoms with Crippen molar-refractivity contribution in [1.29, 1.82) is 0 Å². The van der Waals surface area contributed by atoms with Crippen molar-refractivity contribution in [1.82, 2.24) is 10.2 Å². The molecule has 3 heteroatoms. The van der Waals surface area contributed by atoms with Gasteiger partial charge in [-0.25, -0.2) is 0 Å². The molecule has 1 fully saturated rings. The standard InChI is InChI=1S/C15H23BrN2/c1-17-9-6-13-7-10-18(11-8-13)12-14-2-4-15(16)5-3-14/h2-5,13,17H,6-12H2,1H3. The quantitative estimate of drug-likeness (QED) is 0.898. The van der Waals surface area contributed by atoms with Crippen LogP contribution in [-0.2, 0) is 6.54 Å². The molecule has 0 unspecified atom stereocenters. The number of piperidine rings is 1. The second-order valence-electron chi connectivity index (χ2n) is 5.24. The van der Waals surface area contributed by atoms with Crippen molar-refractivity contribution in [3.63, 3.8) is 0 Å². The molecule has 0 spiro atoms. The monoisotopic (exact) mass is 310 g/mol. The molecular weight excluding hydrogens is 288 g/mol. The van der Waals surface area contributed by atoms with Gasteiger partial charge in [0.15, 0.2) is 0 Å². The number of nitrogens with zero attached hydrogens (tertiary/aromatic N) is 1. The maximum Gasteiger partial charge on any atom is 0.0233 e. The molecule has 0 radical (unpaired) electrons. The van der Waals surface area contributed by atoms with Gasteiger partial charge in [0, 0.05) is 11.0 Å². The highest BCUT2D eigenvalue weighted by atomic mass is 79.9. The lowest BCUT2D eigenvalue weighted by molar-refractivity contribution is 0.172. The fourth-order valence-corrected chi connectivity index (χ4v) is 2.89. The van der Waals surface area contributed by atoms with Crippen LogP contribution in [0.25, 0.3) is 0 Å². The smallest absolute Gasteiger partial charge is 0.0233 e. The fraction of sp³-hybridized carbons (Fsp3) is 0.600. The molecule has 0 atom stereocenters. The van der Waals surface area contributed by atoms with Crippen LogP contribution >= 0.6 is 15.9 Å². The Bertz CT molecular complexity index is 342. The van der Waals surface area contributed by atoms with E-state index in [9.17, 15) is 0 Å². The molecule has 1 heterocycles. The van der Waals surface area contributed by atoms with E-state index in [4.69, 9.17) is 0 Å². The highest BCUT2D eigenvalue weighted by Crippen LogP contribution is 2.21. The summed E-state index contributed by atoms with van der Waals surface area (Å²) in [7, 11) is 2.04. The van der Waals surface area contributed by atoms with Crippen molar-refractivity contribution in [2.45, 2.75) is 25.8 Å². The van der Waals surface area contributed by atoms with Crippen LogP contribution < -0.4 is 5.32 Å². The van der Waals surface area contributed by atoms with Gasteiger partial charge in [0.1, 0.15) is 0 Å². The number of hydrogen-bond donors (Lipinski definition) is 1. The first-order valence-corrected chi connectivity index (χ1v) is 7.68. The minimum atomic E-state index is 0.929. The fourth-order valence-electron chi connectivity index (χ4n) is 2.63. The van der Waals surface area contributed by atoms with E-state index in [-0.39, 0.29) is 0 Å². The third-order valence-corrected chi connectivity index (χ3v) is 4.36. The molecule has 18 heavy (non-hydrogen) atoms. The Labute approximate surface area is 119 Å². The van der Waals surface area contributed by atoms with Gasteiger partial charge in [-0.1, -0.05) is 28.1 Å². The van der Waals surface area contributed by atoms with Gasteiger partial charge in [-0.05, 0) is 69.6 Å². The van der Waals surface area contributed by atoms with Crippen molar-refractivity contribution in [3.8, 4) is 0 Å². The molecule has 0 bridgehead atoms. The molecule has 1 saturated heterocycles. The average molecular weight is 311 g/mol. The van der Waals surface area contributed by atoms with E-state index in [1.807, 2.05) is 7.05 Å². The largest absolute Gasteiger partial charge is 0.320 e. The summed E-state index contributed by atoms with van der Waals surface area (Å²) in [6, 6.07) is 8.71. The molecule has 100 valence electrons. The normalized spacial score (nSPS) is 18.1. The third-order valence-electron chi connectivity index (χ3n) is 3.83. The van der Waals surface area contributed by atoms with Crippen LogP contribution in [0.1, 0.15) is 24.8 Å². The van der Waals surface area contributed by atoms with Crippen LogP contribution in [0.5, 0.6) is 0 Å². The molecule has 2 rings (SSSR count). The zero-order valence-electron chi connectivity index (χ0n) is 11.2. The lowest BCUT2D eigenvalue weighted by atomic mass is 9.93. The van der Waals surface area contributed by atoms with Gasteiger partial charge < -0.3 is 5.32 Å². The summed E-state index contributed by atoms with van der Waals surface area (Å²) in [5.74, 6) is 0.929. The Kier molecular flexibility index (Phi) is 5.67. The molecule has 1 N–H and O–H groups in total. The summed E-state index contributed by atoms with van der Waals surface area (Å²) in [4.78, 5) is 2.58. The number of nitrogens with one attached hydrogen (secondary N) is 1. The number of hydrogen-bond acceptors (Lipinski definition) is 2. The van der Waals surface area contributed by atoms with Crippen LogP contribution in [0.2, 0.25) is 0 Å². The van der Waals surface area contributed by atoms with E-state index in [1.165, 1.54) is 37.9 Å². The van der Waals surface area contributed by atoms with Gasteiger partial charge in [0.2, 0.25) is 0 Å². The lowest BCUT2D eigenvalue weighted by Crippen LogP contribution is -2.34. The van der Waals surface area contributed by atoms with E-state index in [0.717, 1.165) is 23.5 Å². The van der Waals surface area contributed by atoms with Crippen molar-refractivity contribution < 1.29 is 0 Å². The van der Waals surface area contributed by atoms with E-state index in [0.29, 0.717) is 0 Å². The minimum Gasteiger partial charge on any atom is -0.320 e. The van der Waals surface area contributed by atoms with Gasteiger partial charge >= 0.3 is 0 Å². The Morgan fingerprint density at radius 2 is 1.89 bits per heavy atom. The number of halogens is 1. The molecule has 2 nitrogen and oxygen atoms in total. The molecular formula is C15H23BrN2. The minimum absolute atomic E-state index is 0.929. The second-order valence-corrected chi connectivity index (χ2v) is 6.15. The molecule has 0 amide bonds. The van der Waals surface area contributed by atoms with Gasteiger partial charge in [-0.15, -0.1) is 0 Å². The lowest BCUT2D eigenvalue weighted by Gasteiger charge is -2.32. The molecule has 0 aliphatic carbocycles. The number of likely N-dealkylation sites (tertiary alicyclic amines) is 1. The van der Waals surface area contributed by atoms with E-state index in [2.05, 4.69) is 50.4 Å². The van der Waals surface area contributed by atoms with Gasteiger partial charge in [0.25, 0.3) is 0 Å². The summed E-state index contributed by atoms with van der Waals surface area (Å²) in [6.07, 6.45) is 4.05. The molecule has 0 aromatic heterocycles. The van der Waals surface area contributed by atoms with E-state index >= 15 is 0 Å². The highest BCUT2D eigenvalue weighted by Gasteiger charge is 2.18. The Morgan fingerprint density at radius 1 is 1.22 bits per heavy atom. The molecule has 1 aliphatic rings. The van der Waals surface area contributed by atoms with Crippen LogP contribution in [0.3, 0.4) is 0 Å². The summed E-state index contributed by atoms with van der Waals surface area (Å²) in [5.41, 5.74) is 1.42. The van der Waals surface area contributed by atoms with Crippen molar-refractivity contribution in [2.75, 3.05) is 26.7 Å². The number of benzene rings is 1. The van der Waals surface area contributed by atoms with Crippen molar-refractivity contribution in [2.24, 2.45) is 5.92 Å². The first-order chi connectivity index (χ1) is 8.78. The number of rotatable bonds is 5. The highest BCUT2D eigenvalue weighted by molar-refractivity contribution is 9.10. The SMILES string of the molecule is CNCCC1CCN(Cc2ccc(Br)cc2)CC1. The zero-order valence-corrected chi connectivity index (χ0v) is 12.7. The van der Waals surface area contributed by atoms with Crippen molar-refractivity contribution in [3.05, 3.63) is 34.3 Å². The summed E-state index contributed by atoms with van der Waals surface area (Å²) in [6.45, 7) is 4.78. The summed E-state index contributed by atoms with van der Waals surface area (Å²) >= 11 is 3.48. The summed E-state index contributed by atoms with van der Waals surface area (Å²) in [5, 5.41) is 3.25. The molecule has 1 aliphatic heterocycles. The van der Waals surface area contributed by atoms with Gasteiger partial charge in [-0.2, -0.15) is 0 Å². The molecule has 1 aromatic carbocycles. The van der Waals surface area contributed by atoms with E-state index in [1.54, 1.807) is 0 Å². The Morgan fingerprint density at radius 3 is 2.50 bits per heavy atom.